The lowest BCUT2D eigenvalue weighted by atomic mass is 9.83. The summed E-state index contributed by atoms with van der Waals surface area (Å²) < 4.78 is 44.9. The van der Waals surface area contributed by atoms with E-state index in [9.17, 15) is 18.0 Å². The van der Waals surface area contributed by atoms with Gasteiger partial charge in [-0.25, -0.2) is 0 Å². The van der Waals surface area contributed by atoms with Crippen molar-refractivity contribution in [2.75, 3.05) is 13.1 Å². The number of ether oxygens (including phenoxy) is 1. The fourth-order valence-corrected chi connectivity index (χ4v) is 3.94. The van der Waals surface area contributed by atoms with Crippen molar-refractivity contribution in [3.8, 4) is 5.75 Å². The number of rotatable bonds is 1. The summed E-state index contributed by atoms with van der Waals surface area (Å²) in [5, 5.41) is 0. The molecule has 2 aliphatic rings. The van der Waals surface area contributed by atoms with Gasteiger partial charge in [-0.1, -0.05) is 24.3 Å². The van der Waals surface area contributed by atoms with Crippen molar-refractivity contribution in [3.05, 3.63) is 65.2 Å². The van der Waals surface area contributed by atoms with Crippen LogP contribution in [-0.2, 0) is 12.6 Å². The second kappa shape index (κ2) is 6.59. The number of fused-ring (bicyclic) bond motifs is 1. The number of carbonyl (C=O) groups excluding carboxylic acids is 1. The number of hydrogen-bond donors (Lipinski definition) is 0. The summed E-state index contributed by atoms with van der Waals surface area (Å²) in [5.74, 6) is 0.550. The van der Waals surface area contributed by atoms with E-state index in [1.54, 1.807) is 4.90 Å². The minimum Gasteiger partial charge on any atom is -0.487 e. The largest absolute Gasteiger partial charge is 0.487 e. The van der Waals surface area contributed by atoms with Crippen molar-refractivity contribution in [2.24, 2.45) is 0 Å². The first-order valence-electron chi connectivity index (χ1n) is 9.10. The van der Waals surface area contributed by atoms with Gasteiger partial charge in [0.05, 0.1) is 5.56 Å². The molecular weight excluding hydrogens is 355 g/mol. The van der Waals surface area contributed by atoms with Crippen LogP contribution in [0.5, 0.6) is 5.75 Å². The van der Waals surface area contributed by atoms with E-state index in [-0.39, 0.29) is 17.1 Å². The fourth-order valence-electron chi connectivity index (χ4n) is 3.94. The maximum atomic E-state index is 12.9. The van der Waals surface area contributed by atoms with Crippen LogP contribution in [0.25, 0.3) is 0 Å². The molecule has 142 valence electrons. The summed E-state index contributed by atoms with van der Waals surface area (Å²) in [7, 11) is 0. The highest BCUT2D eigenvalue weighted by molar-refractivity contribution is 5.94. The normalized spacial score (nSPS) is 18.7. The molecule has 0 aliphatic carbocycles. The first-order chi connectivity index (χ1) is 12.9. The second-order valence-corrected chi connectivity index (χ2v) is 7.26. The highest BCUT2D eigenvalue weighted by Gasteiger charge is 2.40. The molecule has 0 unspecified atom stereocenters. The second-order valence-electron chi connectivity index (χ2n) is 7.26. The molecule has 0 aromatic heterocycles. The molecule has 1 saturated heterocycles. The molecule has 2 aliphatic heterocycles. The van der Waals surface area contributed by atoms with Gasteiger partial charge in [-0.2, -0.15) is 13.2 Å². The number of amides is 1. The molecule has 1 spiro atoms. The van der Waals surface area contributed by atoms with Crippen molar-refractivity contribution >= 4 is 5.91 Å². The van der Waals surface area contributed by atoms with Gasteiger partial charge in [0.2, 0.25) is 0 Å². The Kier molecular flexibility index (Phi) is 4.36. The monoisotopic (exact) mass is 375 g/mol. The van der Waals surface area contributed by atoms with E-state index in [1.807, 2.05) is 18.2 Å². The van der Waals surface area contributed by atoms with E-state index in [1.165, 1.54) is 17.7 Å². The minimum absolute atomic E-state index is 0.0793. The Bertz CT molecular complexity index is 855. The summed E-state index contributed by atoms with van der Waals surface area (Å²) in [5.41, 5.74) is 0.203. The summed E-state index contributed by atoms with van der Waals surface area (Å²) in [4.78, 5) is 14.3. The molecule has 0 saturated carbocycles. The van der Waals surface area contributed by atoms with Crippen molar-refractivity contribution in [1.29, 1.82) is 0 Å². The SMILES string of the molecule is O=C(c1cccc(C(F)(F)F)c1)N1CCC2(CCc3ccccc3O2)CC1. The van der Waals surface area contributed by atoms with Crippen molar-refractivity contribution in [1.82, 2.24) is 4.90 Å². The van der Waals surface area contributed by atoms with Gasteiger partial charge in [0, 0.05) is 31.5 Å². The van der Waals surface area contributed by atoms with Gasteiger partial charge in [0.15, 0.2) is 0 Å². The molecular formula is C21H20F3NO2. The topological polar surface area (TPSA) is 29.5 Å². The first-order valence-corrected chi connectivity index (χ1v) is 9.10. The van der Waals surface area contributed by atoms with Crippen molar-refractivity contribution < 1.29 is 22.7 Å². The number of aryl methyl sites for hydroxylation is 1. The minimum atomic E-state index is -4.45. The van der Waals surface area contributed by atoms with Gasteiger partial charge in [0.1, 0.15) is 11.4 Å². The number of piperidine rings is 1. The number of benzene rings is 2. The Morgan fingerprint density at radius 3 is 2.48 bits per heavy atom. The highest BCUT2D eigenvalue weighted by Crippen LogP contribution is 2.39. The summed E-state index contributed by atoms with van der Waals surface area (Å²) in [6.07, 6.45) is -1.24. The van der Waals surface area contributed by atoms with Crippen LogP contribution in [0.3, 0.4) is 0 Å². The van der Waals surface area contributed by atoms with Crippen LogP contribution in [0.15, 0.2) is 48.5 Å². The molecule has 0 atom stereocenters. The highest BCUT2D eigenvalue weighted by atomic mass is 19.4. The zero-order valence-corrected chi connectivity index (χ0v) is 14.8. The van der Waals surface area contributed by atoms with E-state index in [4.69, 9.17) is 4.74 Å². The molecule has 2 heterocycles. The summed E-state index contributed by atoms with van der Waals surface area (Å²) in [6, 6.07) is 12.6. The fraction of sp³-hybridized carbons (Fsp3) is 0.381. The Morgan fingerprint density at radius 2 is 1.74 bits per heavy atom. The number of halogens is 3. The van der Waals surface area contributed by atoms with Crippen LogP contribution in [0.4, 0.5) is 13.2 Å². The molecule has 0 radical (unpaired) electrons. The third-order valence-electron chi connectivity index (χ3n) is 5.55. The van der Waals surface area contributed by atoms with Gasteiger partial charge >= 0.3 is 6.18 Å². The number of nitrogens with zero attached hydrogens (tertiary/aromatic N) is 1. The lowest BCUT2D eigenvalue weighted by Gasteiger charge is -2.44. The van der Waals surface area contributed by atoms with E-state index in [0.29, 0.717) is 25.9 Å². The zero-order valence-electron chi connectivity index (χ0n) is 14.8. The van der Waals surface area contributed by atoms with Gasteiger partial charge in [0.25, 0.3) is 5.91 Å². The van der Waals surface area contributed by atoms with E-state index >= 15 is 0 Å². The maximum Gasteiger partial charge on any atom is 0.416 e. The molecule has 3 nitrogen and oxygen atoms in total. The predicted molar refractivity (Wildman–Crippen MR) is 94.7 cm³/mol. The number of carbonyl (C=O) groups is 1. The number of hydrogen-bond acceptors (Lipinski definition) is 2. The van der Waals surface area contributed by atoms with E-state index < -0.39 is 11.7 Å². The third kappa shape index (κ3) is 3.53. The molecule has 2 aromatic carbocycles. The number of alkyl halides is 3. The van der Waals surface area contributed by atoms with E-state index in [0.717, 1.165) is 30.7 Å². The van der Waals surface area contributed by atoms with E-state index in [2.05, 4.69) is 6.07 Å². The molecule has 27 heavy (non-hydrogen) atoms. The molecule has 4 rings (SSSR count). The number of para-hydroxylation sites is 1. The van der Waals surface area contributed by atoms with Crippen LogP contribution < -0.4 is 4.74 Å². The molecule has 0 bridgehead atoms. The van der Waals surface area contributed by atoms with Gasteiger partial charge < -0.3 is 9.64 Å². The Balaban J connectivity index is 1.45. The molecule has 1 amide bonds. The van der Waals surface area contributed by atoms with Crippen LogP contribution in [-0.4, -0.2) is 29.5 Å². The van der Waals surface area contributed by atoms with Gasteiger partial charge in [-0.3, -0.25) is 4.79 Å². The number of likely N-dealkylation sites (tertiary alicyclic amines) is 1. The molecule has 0 N–H and O–H groups in total. The zero-order chi connectivity index (χ0) is 19.1. The van der Waals surface area contributed by atoms with Crippen LogP contribution in [0, 0.1) is 0 Å². The molecule has 2 aromatic rings. The lowest BCUT2D eigenvalue weighted by Crippen LogP contribution is -2.51. The molecule has 6 heteroatoms. The first kappa shape index (κ1) is 17.9. The third-order valence-corrected chi connectivity index (χ3v) is 5.55. The standard InChI is InChI=1S/C21H20F3NO2/c22-21(23,24)17-6-3-5-16(14-17)19(26)25-12-10-20(11-13-25)9-8-15-4-1-2-7-18(15)27-20/h1-7,14H,8-13H2. The van der Waals surface area contributed by atoms with Crippen LogP contribution in [0.1, 0.15) is 40.7 Å². The Hall–Kier alpha value is -2.50. The van der Waals surface area contributed by atoms with Crippen LogP contribution in [0.2, 0.25) is 0 Å². The molecule has 1 fully saturated rings. The smallest absolute Gasteiger partial charge is 0.416 e. The average Bonchev–Trinajstić information content (AvgIpc) is 2.67. The Morgan fingerprint density at radius 1 is 1.00 bits per heavy atom. The Labute approximate surface area is 155 Å². The summed E-state index contributed by atoms with van der Waals surface area (Å²) >= 11 is 0. The quantitative estimate of drug-likeness (QED) is 0.723. The van der Waals surface area contributed by atoms with Gasteiger partial charge in [-0.05, 0) is 42.7 Å². The lowest BCUT2D eigenvalue weighted by molar-refractivity contribution is -0.137. The van der Waals surface area contributed by atoms with Gasteiger partial charge in [-0.15, -0.1) is 0 Å². The predicted octanol–water partition coefficient (Wildman–Crippen LogP) is 4.71. The average molecular weight is 375 g/mol. The van der Waals surface area contributed by atoms with Crippen molar-refractivity contribution in [3.63, 3.8) is 0 Å². The summed E-state index contributed by atoms with van der Waals surface area (Å²) in [6.45, 7) is 0.967. The van der Waals surface area contributed by atoms with Crippen LogP contribution >= 0.6 is 0 Å². The maximum absolute atomic E-state index is 12.9. The van der Waals surface area contributed by atoms with Crippen molar-refractivity contribution in [2.45, 2.75) is 37.5 Å².